The van der Waals surface area contributed by atoms with Gasteiger partial charge in [-0.3, -0.25) is 4.79 Å². The van der Waals surface area contributed by atoms with Crippen LogP contribution in [0.5, 0.6) is 0 Å². The number of pyridine rings is 1. The molecule has 1 heterocycles. The van der Waals surface area contributed by atoms with Gasteiger partial charge in [0.25, 0.3) is 5.17 Å². The molecule has 0 saturated heterocycles. The lowest BCUT2D eigenvalue weighted by Crippen LogP contribution is -2.19. The highest BCUT2D eigenvalue weighted by Gasteiger charge is 2.07. The van der Waals surface area contributed by atoms with Crippen LogP contribution in [0.25, 0.3) is 0 Å². The van der Waals surface area contributed by atoms with Gasteiger partial charge in [-0.15, -0.1) is 0 Å². The molecule has 4 nitrogen and oxygen atoms in total. The van der Waals surface area contributed by atoms with Crippen molar-refractivity contribution < 1.29 is 9.53 Å². The van der Waals surface area contributed by atoms with Gasteiger partial charge < -0.3 is 10.1 Å². The van der Waals surface area contributed by atoms with E-state index in [9.17, 15) is 4.79 Å². The molecule has 6 heteroatoms. The van der Waals surface area contributed by atoms with Crippen LogP contribution in [-0.4, -0.2) is 22.5 Å². The van der Waals surface area contributed by atoms with Crippen molar-refractivity contribution in [2.75, 3.05) is 11.9 Å². The molecule has 20 heavy (non-hydrogen) atoms. The zero-order chi connectivity index (χ0) is 14.4. The van der Waals surface area contributed by atoms with Crippen LogP contribution in [0.15, 0.2) is 48.7 Å². The number of Topliss-reactive ketones (excluding diaryl/α,β-unsaturated/α-hetero) is 1. The molecule has 0 radical (unpaired) electrons. The summed E-state index contributed by atoms with van der Waals surface area (Å²) in [7, 11) is 0. The number of benzene rings is 1. The molecule has 1 aromatic heterocycles. The highest BCUT2D eigenvalue weighted by molar-refractivity contribution is 7.80. The summed E-state index contributed by atoms with van der Waals surface area (Å²) in [6.45, 7) is -0.122. The van der Waals surface area contributed by atoms with Crippen molar-refractivity contribution in [1.29, 1.82) is 0 Å². The molecule has 0 atom stereocenters. The Morgan fingerprint density at radius 3 is 2.65 bits per heavy atom. The molecule has 1 N–H and O–H groups in total. The SMILES string of the molecule is O=C(COC(=S)Nc1ccc(Cl)cn1)c1ccccc1. The molecule has 0 saturated carbocycles. The van der Waals surface area contributed by atoms with Crippen molar-refractivity contribution in [3.8, 4) is 0 Å². The zero-order valence-electron chi connectivity index (χ0n) is 10.4. The van der Waals surface area contributed by atoms with Crippen molar-refractivity contribution >= 4 is 40.6 Å². The summed E-state index contributed by atoms with van der Waals surface area (Å²) in [5.41, 5.74) is 0.583. The van der Waals surface area contributed by atoms with Crippen molar-refractivity contribution in [2.45, 2.75) is 0 Å². The van der Waals surface area contributed by atoms with Gasteiger partial charge in [0.2, 0.25) is 0 Å². The van der Waals surface area contributed by atoms with Crippen LogP contribution in [0.4, 0.5) is 5.82 Å². The maximum absolute atomic E-state index is 11.8. The number of anilines is 1. The van der Waals surface area contributed by atoms with Gasteiger partial charge in [0.15, 0.2) is 12.4 Å². The molecule has 102 valence electrons. The molecule has 2 aromatic rings. The molecule has 0 aliphatic rings. The fourth-order valence-electron chi connectivity index (χ4n) is 1.43. The van der Waals surface area contributed by atoms with E-state index in [0.29, 0.717) is 16.4 Å². The predicted molar refractivity (Wildman–Crippen MR) is 82.2 cm³/mol. The predicted octanol–water partition coefficient (Wildman–Crippen LogP) is 3.33. The number of hydrogen-bond donors (Lipinski definition) is 1. The Kier molecular flexibility index (Phi) is 5.03. The zero-order valence-corrected chi connectivity index (χ0v) is 11.9. The van der Waals surface area contributed by atoms with Crippen LogP contribution >= 0.6 is 23.8 Å². The summed E-state index contributed by atoms with van der Waals surface area (Å²) < 4.78 is 5.19. The smallest absolute Gasteiger partial charge is 0.262 e. The van der Waals surface area contributed by atoms with E-state index in [1.165, 1.54) is 6.20 Å². The highest BCUT2D eigenvalue weighted by Crippen LogP contribution is 2.09. The summed E-state index contributed by atoms with van der Waals surface area (Å²) in [4.78, 5) is 15.8. The van der Waals surface area contributed by atoms with E-state index in [2.05, 4.69) is 10.3 Å². The molecule has 0 bridgehead atoms. The second kappa shape index (κ2) is 6.98. The molecule has 1 aromatic carbocycles. The quantitative estimate of drug-likeness (QED) is 0.693. The lowest BCUT2D eigenvalue weighted by atomic mass is 10.1. The number of rotatable bonds is 4. The summed E-state index contributed by atoms with van der Waals surface area (Å²) in [5.74, 6) is 0.366. The number of nitrogens with one attached hydrogen (secondary N) is 1. The number of carbonyl (C=O) groups is 1. The standard InChI is InChI=1S/C14H11ClN2O2S/c15-11-6-7-13(16-8-11)17-14(20)19-9-12(18)10-4-2-1-3-5-10/h1-8H,9H2,(H,16,17,20). The van der Waals surface area contributed by atoms with Crippen molar-refractivity contribution in [1.82, 2.24) is 4.98 Å². The summed E-state index contributed by atoms with van der Waals surface area (Å²) in [5, 5.41) is 3.38. The third kappa shape index (κ3) is 4.29. The number of hydrogen-bond acceptors (Lipinski definition) is 4. The van der Waals surface area contributed by atoms with Gasteiger partial charge in [0.05, 0.1) is 5.02 Å². The molecule has 2 rings (SSSR count). The minimum absolute atomic E-state index is 0.0871. The van der Waals surface area contributed by atoms with Gasteiger partial charge in [0, 0.05) is 11.8 Å². The summed E-state index contributed by atoms with van der Waals surface area (Å²) >= 11 is 10.7. The maximum Gasteiger partial charge on any atom is 0.262 e. The summed E-state index contributed by atoms with van der Waals surface area (Å²) in [6.07, 6.45) is 1.49. The molecule has 0 unspecified atom stereocenters. The van der Waals surface area contributed by atoms with E-state index in [-0.39, 0.29) is 17.6 Å². The number of ketones is 1. The number of nitrogens with zero attached hydrogens (tertiary/aromatic N) is 1. The van der Waals surface area contributed by atoms with Gasteiger partial charge in [-0.05, 0) is 24.4 Å². The first kappa shape index (κ1) is 14.4. The number of aromatic nitrogens is 1. The number of halogens is 1. The van der Waals surface area contributed by atoms with Crippen molar-refractivity contribution in [2.24, 2.45) is 0 Å². The third-order valence-electron chi connectivity index (χ3n) is 2.39. The molecular weight excluding hydrogens is 296 g/mol. The monoisotopic (exact) mass is 306 g/mol. The minimum atomic E-state index is -0.140. The van der Waals surface area contributed by atoms with Gasteiger partial charge in [-0.2, -0.15) is 0 Å². The van der Waals surface area contributed by atoms with Crippen molar-refractivity contribution in [3.63, 3.8) is 0 Å². The lowest BCUT2D eigenvalue weighted by Gasteiger charge is -2.08. The van der Waals surface area contributed by atoms with E-state index in [1.807, 2.05) is 6.07 Å². The third-order valence-corrected chi connectivity index (χ3v) is 2.83. The Labute approximate surface area is 126 Å². The van der Waals surface area contributed by atoms with E-state index in [1.54, 1.807) is 36.4 Å². The fraction of sp³-hybridized carbons (Fsp3) is 0.0714. The van der Waals surface area contributed by atoms with Crippen LogP contribution in [0.3, 0.4) is 0 Å². The number of ether oxygens (including phenoxy) is 1. The van der Waals surface area contributed by atoms with E-state index in [0.717, 1.165) is 0 Å². The minimum Gasteiger partial charge on any atom is -0.462 e. The average molecular weight is 307 g/mol. The van der Waals surface area contributed by atoms with Crippen LogP contribution in [0.2, 0.25) is 5.02 Å². The molecule has 0 spiro atoms. The average Bonchev–Trinajstić information content (AvgIpc) is 2.48. The largest absolute Gasteiger partial charge is 0.462 e. The first-order chi connectivity index (χ1) is 9.65. The van der Waals surface area contributed by atoms with E-state index in [4.69, 9.17) is 28.6 Å². The first-order valence-corrected chi connectivity index (χ1v) is 6.57. The Balaban J connectivity index is 1.83. The van der Waals surface area contributed by atoms with Gasteiger partial charge in [-0.1, -0.05) is 41.9 Å². The molecule has 0 fully saturated rings. The lowest BCUT2D eigenvalue weighted by molar-refractivity contribution is 0.0916. The number of carbonyl (C=O) groups excluding carboxylic acids is 1. The molecule has 0 amide bonds. The summed E-state index contributed by atoms with van der Waals surface area (Å²) in [6, 6.07) is 12.2. The second-order valence-electron chi connectivity index (χ2n) is 3.85. The molecular formula is C14H11ClN2O2S. The first-order valence-electron chi connectivity index (χ1n) is 5.79. The Bertz CT molecular complexity index is 602. The van der Waals surface area contributed by atoms with E-state index < -0.39 is 0 Å². The fourth-order valence-corrected chi connectivity index (χ4v) is 1.70. The maximum atomic E-state index is 11.8. The normalized spacial score (nSPS) is 9.85. The van der Waals surface area contributed by atoms with Gasteiger partial charge in [-0.25, -0.2) is 4.98 Å². The highest BCUT2D eigenvalue weighted by atomic mass is 35.5. The Morgan fingerprint density at radius 1 is 1.25 bits per heavy atom. The van der Waals surface area contributed by atoms with E-state index >= 15 is 0 Å². The Hall–Kier alpha value is -1.98. The van der Waals surface area contributed by atoms with Crippen LogP contribution in [-0.2, 0) is 4.74 Å². The topological polar surface area (TPSA) is 51.2 Å². The molecule has 0 aliphatic carbocycles. The Morgan fingerprint density at radius 2 is 2.00 bits per heavy atom. The van der Waals surface area contributed by atoms with Crippen LogP contribution in [0.1, 0.15) is 10.4 Å². The van der Waals surface area contributed by atoms with Gasteiger partial charge >= 0.3 is 0 Å². The second-order valence-corrected chi connectivity index (χ2v) is 4.66. The number of thiocarbonyl (C=S) groups is 1. The molecule has 0 aliphatic heterocycles. The van der Waals surface area contributed by atoms with Crippen LogP contribution < -0.4 is 5.32 Å². The van der Waals surface area contributed by atoms with Gasteiger partial charge in [0.1, 0.15) is 5.82 Å². The van der Waals surface area contributed by atoms with Crippen LogP contribution in [0, 0.1) is 0 Å². The van der Waals surface area contributed by atoms with Crippen molar-refractivity contribution in [3.05, 3.63) is 59.2 Å².